The molecule has 0 aliphatic heterocycles. The van der Waals surface area contributed by atoms with E-state index in [1.807, 2.05) is 13.8 Å². The van der Waals surface area contributed by atoms with Crippen molar-refractivity contribution in [1.29, 1.82) is 0 Å². The fourth-order valence-electron chi connectivity index (χ4n) is 2.70. The Morgan fingerprint density at radius 3 is 2.15 bits per heavy atom. The highest BCUT2D eigenvalue weighted by molar-refractivity contribution is 6.06. The summed E-state index contributed by atoms with van der Waals surface area (Å²) >= 11 is 0. The molecule has 0 aliphatic carbocycles. The SMILES string of the molecule is CCN(CC)C(=O)c1ccc(NC(=O)c2ccc3nccnc3c2)cc1. The molecule has 0 bridgehead atoms. The molecule has 0 atom stereocenters. The van der Waals surface area contributed by atoms with E-state index in [1.54, 1.807) is 59.8 Å². The maximum atomic E-state index is 12.4. The van der Waals surface area contributed by atoms with Gasteiger partial charge in [-0.25, -0.2) is 0 Å². The van der Waals surface area contributed by atoms with Crippen molar-refractivity contribution in [1.82, 2.24) is 14.9 Å². The normalized spacial score (nSPS) is 10.5. The minimum absolute atomic E-state index is 0.0130. The highest BCUT2D eigenvalue weighted by Gasteiger charge is 2.13. The first kappa shape index (κ1) is 17.5. The van der Waals surface area contributed by atoms with E-state index >= 15 is 0 Å². The second-order valence-corrected chi connectivity index (χ2v) is 5.77. The lowest BCUT2D eigenvalue weighted by Gasteiger charge is -2.18. The van der Waals surface area contributed by atoms with Gasteiger partial charge in [0.05, 0.1) is 11.0 Å². The van der Waals surface area contributed by atoms with E-state index in [2.05, 4.69) is 15.3 Å². The molecule has 0 radical (unpaired) electrons. The van der Waals surface area contributed by atoms with Crippen molar-refractivity contribution < 1.29 is 9.59 Å². The zero-order chi connectivity index (χ0) is 18.5. The molecule has 3 rings (SSSR count). The van der Waals surface area contributed by atoms with Crippen LogP contribution in [-0.4, -0.2) is 39.8 Å². The topological polar surface area (TPSA) is 75.2 Å². The molecule has 2 amide bonds. The van der Waals surface area contributed by atoms with E-state index in [1.165, 1.54) is 0 Å². The molecular weight excluding hydrogens is 328 g/mol. The van der Waals surface area contributed by atoms with Gasteiger partial charge in [-0.1, -0.05) is 0 Å². The molecule has 0 aliphatic rings. The molecule has 0 fully saturated rings. The van der Waals surface area contributed by atoms with Gasteiger partial charge in [-0.2, -0.15) is 0 Å². The molecule has 1 heterocycles. The van der Waals surface area contributed by atoms with Crippen LogP contribution in [-0.2, 0) is 0 Å². The fourth-order valence-corrected chi connectivity index (χ4v) is 2.70. The molecule has 0 saturated heterocycles. The number of amides is 2. The molecular formula is C20H20N4O2. The summed E-state index contributed by atoms with van der Waals surface area (Å²) in [5, 5.41) is 2.83. The molecule has 2 aromatic carbocycles. The van der Waals surface area contributed by atoms with Crippen molar-refractivity contribution in [3.63, 3.8) is 0 Å². The number of aromatic nitrogens is 2. The maximum absolute atomic E-state index is 12.4. The molecule has 6 heteroatoms. The van der Waals surface area contributed by atoms with E-state index in [9.17, 15) is 9.59 Å². The Morgan fingerprint density at radius 1 is 0.885 bits per heavy atom. The average Bonchev–Trinajstić information content (AvgIpc) is 2.69. The number of rotatable bonds is 5. The van der Waals surface area contributed by atoms with Gasteiger partial charge >= 0.3 is 0 Å². The molecule has 6 nitrogen and oxygen atoms in total. The van der Waals surface area contributed by atoms with Crippen molar-refractivity contribution >= 4 is 28.5 Å². The summed E-state index contributed by atoms with van der Waals surface area (Å²) in [4.78, 5) is 34.9. The summed E-state index contributed by atoms with van der Waals surface area (Å²) in [6.45, 7) is 5.23. The minimum atomic E-state index is -0.236. The standard InChI is InChI=1S/C20H20N4O2/c1-3-24(4-2)20(26)14-5-8-16(9-6-14)23-19(25)15-7-10-17-18(13-15)22-12-11-21-17/h5-13H,3-4H2,1-2H3,(H,23,25). The number of hydrogen-bond acceptors (Lipinski definition) is 4. The molecule has 0 unspecified atom stereocenters. The summed E-state index contributed by atoms with van der Waals surface area (Å²) in [5.41, 5.74) is 3.14. The van der Waals surface area contributed by atoms with Gasteiger partial charge in [0, 0.05) is 42.3 Å². The first-order chi connectivity index (χ1) is 12.6. The van der Waals surface area contributed by atoms with Crippen molar-refractivity contribution in [2.45, 2.75) is 13.8 Å². The Balaban J connectivity index is 1.73. The lowest BCUT2D eigenvalue weighted by atomic mass is 10.1. The van der Waals surface area contributed by atoms with Gasteiger partial charge < -0.3 is 10.2 Å². The van der Waals surface area contributed by atoms with E-state index in [0.717, 1.165) is 5.52 Å². The van der Waals surface area contributed by atoms with Crippen molar-refractivity contribution in [2.24, 2.45) is 0 Å². The van der Waals surface area contributed by atoms with Crippen LogP contribution in [0.2, 0.25) is 0 Å². The highest BCUT2D eigenvalue weighted by Crippen LogP contribution is 2.15. The Morgan fingerprint density at radius 2 is 1.50 bits per heavy atom. The van der Waals surface area contributed by atoms with Crippen LogP contribution in [0.1, 0.15) is 34.6 Å². The van der Waals surface area contributed by atoms with E-state index < -0.39 is 0 Å². The molecule has 0 spiro atoms. The van der Waals surface area contributed by atoms with Crippen LogP contribution >= 0.6 is 0 Å². The van der Waals surface area contributed by atoms with Crippen LogP contribution in [0.15, 0.2) is 54.9 Å². The van der Waals surface area contributed by atoms with Gasteiger partial charge in [0.25, 0.3) is 11.8 Å². The minimum Gasteiger partial charge on any atom is -0.339 e. The van der Waals surface area contributed by atoms with Gasteiger partial charge in [-0.3, -0.25) is 19.6 Å². The highest BCUT2D eigenvalue weighted by atomic mass is 16.2. The summed E-state index contributed by atoms with van der Waals surface area (Å²) in [5.74, 6) is -0.249. The summed E-state index contributed by atoms with van der Waals surface area (Å²) in [6.07, 6.45) is 3.21. The van der Waals surface area contributed by atoms with Crippen LogP contribution in [0.25, 0.3) is 11.0 Å². The van der Waals surface area contributed by atoms with Crippen molar-refractivity contribution in [3.05, 3.63) is 66.0 Å². The first-order valence-electron chi connectivity index (χ1n) is 8.53. The van der Waals surface area contributed by atoms with E-state index in [0.29, 0.717) is 35.4 Å². The van der Waals surface area contributed by atoms with E-state index in [-0.39, 0.29) is 11.8 Å². The zero-order valence-corrected chi connectivity index (χ0v) is 14.8. The third-order valence-electron chi connectivity index (χ3n) is 4.17. The van der Waals surface area contributed by atoms with Gasteiger partial charge in [0.1, 0.15) is 0 Å². The largest absolute Gasteiger partial charge is 0.339 e. The third kappa shape index (κ3) is 3.69. The number of anilines is 1. The first-order valence-corrected chi connectivity index (χ1v) is 8.53. The van der Waals surface area contributed by atoms with Gasteiger partial charge in [-0.15, -0.1) is 0 Å². The number of hydrogen-bond donors (Lipinski definition) is 1. The predicted molar refractivity (Wildman–Crippen MR) is 101 cm³/mol. The molecule has 1 N–H and O–H groups in total. The number of carbonyl (C=O) groups excluding carboxylic acids is 2. The predicted octanol–water partition coefficient (Wildman–Crippen LogP) is 3.36. The molecule has 26 heavy (non-hydrogen) atoms. The zero-order valence-electron chi connectivity index (χ0n) is 14.8. The number of nitrogens with one attached hydrogen (secondary N) is 1. The molecule has 132 valence electrons. The molecule has 0 saturated carbocycles. The lowest BCUT2D eigenvalue weighted by Crippen LogP contribution is -2.30. The Bertz CT molecular complexity index is 934. The Kier molecular flexibility index (Phi) is 5.22. The van der Waals surface area contributed by atoms with Crippen LogP contribution in [0.4, 0.5) is 5.69 Å². The second-order valence-electron chi connectivity index (χ2n) is 5.77. The number of benzene rings is 2. The molecule has 1 aromatic heterocycles. The Hall–Kier alpha value is -3.28. The van der Waals surface area contributed by atoms with Crippen molar-refractivity contribution in [2.75, 3.05) is 18.4 Å². The number of carbonyl (C=O) groups is 2. The maximum Gasteiger partial charge on any atom is 0.255 e. The molecule has 3 aromatic rings. The van der Waals surface area contributed by atoms with Gasteiger partial charge in [0.2, 0.25) is 0 Å². The second kappa shape index (κ2) is 7.74. The summed E-state index contributed by atoms with van der Waals surface area (Å²) < 4.78 is 0. The Labute approximate surface area is 151 Å². The summed E-state index contributed by atoms with van der Waals surface area (Å²) in [6, 6.07) is 12.1. The van der Waals surface area contributed by atoms with Gasteiger partial charge in [-0.05, 0) is 56.3 Å². The summed E-state index contributed by atoms with van der Waals surface area (Å²) in [7, 11) is 0. The lowest BCUT2D eigenvalue weighted by molar-refractivity contribution is 0.0773. The third-order valence-corrected chi connectivity index (χ3v) is 4.17. The van der Waals surface area contributed by atoms with E-state index in [4.69, 9.17) is 0 Å². The van der Waals surface area contributed by atoms with Gasteiger partial charge in [0.15, 0.2) is 0 Å². The number of fused-ring (bicyclic) bond motifs is 1. The van der Waals surface area contributed by atoms with Crippen LogP contribution in [0.3, 0.4) is 0 Å². The smallest absolute Gasteiger partial charge is 0.255 e. The van der Waals surface area contributed by atoms with Crippen LogP contribution in [0.5, 0.6) is 0 Å². The number of nitrogens with zero attached hydrogens (tertiary/aromatic N) is 3. The van der Waals surface area contributed by atoms with Crippen LogP contribution < -0.4 is 5.32 Å². The average molecular weight is 348 g/mol. The fraction of sp³-hybridized carbons (Fsp3) is 0.200. The monoisotopic (exact) mass is 348 g/mol. The quantitative estimate of drug-likeness (QED) is 0.767. The van der Waals surface area contributed by atoms with Crippen LogP contribution in [0, 0.1) is 0 Å². The van der Waals surface area contributed by atoms with Crippen molar-refractivity contribution in [3.8, 4) is 0 Å².